The van der Waals surface area contributed by atoms with E-state index < -0.39 is 6.10 Å². The third-order valence-electron chi connectivity index (χ3n) is 7.38. The fraction of sp³-hybridized carbons (Fsp3) is 0.905. The zero-order valence-electron chi connectivity index (χ0n) is 17.4. The highest BCUT2D eigenvalue weighted by Crippen LogP contribution is 2.55. The second-order valence-electron chi connectivity index (χ2n) is 8.88. The Kier molecular flexibility index (Phi) is 6.75. The molecule has 0 aliphatic heterocycles. The van der Waals surface area contributed by atoms with Gasteiger partial charge in [0, 0.05) is 32.0 Å². The van der Waals surface area contributed by atoms with Gasteiger partial charge in [-0.2, -0.15) is 0 Å². The normalized spacial score (nSPS) is 38.2. The molecule has 0 saturated heterocycles. The summed E-state index contributed by atoms with van der Waals surface area (Å²) in [6, 6.07) is 0.118. The molecule has 2 aliphatic rings. The Hall–Kier alpha value is -1.10. The minimum Gasteiger partial charge on any atom is -0.392 e. The fourth-order valence-corrected chi connectivity index (χ4v) is 5.77. The molecule has 0 aromatic heterocycles. The number of hydrogen-bond donors (Lipinski definition) is 2. The van der Waals surface area contributed by atoms with E-state index in [2.05, 4.69) is 19.2 Å². The first-order valence-corrected chi connectivity index (χ1v) is 10.4. The van der Waals surface area contributed by atoms with E-state index in [0.717, 1.165) is 25.7 Å². The average molecular weight is 367 g/mol. The van der Waals surface area contributed by atoms with Crippen LogP contribution >= 0.6 is 0 Å². The monoisotopic (exact) mass is 366 g/mol. The maximum absolute atomic E-state index is 12.8. The second kappa shape index (κ2) is 8.28. The summed E-state index contributed by atoms with van der Waals surface area (Å²) in [5.74, 6) is 0.328. The van der Waals surface area contributed by atoms with Crippen LogP contribution in [0.2, 0.25) is 0 Å². The molecule has 26 heavy (non-hydrogen) atoms. The van der Waals surface area contributed by atoms with Gasteiger partial charge in [-0.15, -0.1) is 0 Å². The lowest BCUT2D eigenvalue weighted by molar-refractivity contribution is -0.150. The van der Waals surface area contributed by atoms with Crippen LogP contribution in [-0.2, 0) is 9.59 Å². The lowest BCUT2D eigenvalue weighted by atomic mass is 9.51. The number of hydrogen-bond acceptors (Lipinski definition) is 3. The Bertz CT molecular complexity index is 519. The molecule has 2 amide bonds. The van der Waals surface area contributed by atoms with Crippen molar-refractivity contribution >= 4 is 11.8 Å². The van der Waals surface area contributed by atoms with Crippen LogP contribution in [-0.4, -0.2) is 47.1 Å². The summed E-state index contributed by atoms with van der Waals surface area (Å²) >= 11 is 0. The predicted molar refractivity (Wildman–Crippen MR) is 103 cm³/mol. The standard InChI is InChI=1S/C21H38N2O3/c1-7-23(8-2)20(26)13(3)16-9-11-21(6)12-10-17(22-15(5)24)14(4)18(21)19(16)25/h13-14,16-19,25H,7-12H2,1-6H3,(H,22,24). The fourth-order valence-electron chi connectivity index (χ4n) is 5.77. The molecular weight excluding hydrogens is 328 g/mol. The number of aliphatic hydroxyl groups is 1. The Morgan fingerprint density at radius 2 is 1.81 bits per heavy atom. The van der Waals surface area contributed by atoms with Gasteiger partial charge in [-0.25, -0.2) is 0 Å². The number of fused-ring (bicyclic) bond motifs is 1. The van der Waals surface area contributed by atoms with Crippen LogP contribution in [0.5, 0.6) is 0 Å². The molecule has 150 valence electrons. The number of carbonyl (C=O) groups excluding carboxylic acids is 2. The van der Waals surface area contributed by atoms with E-state index in [1.54, 1.807) is 6.92 Å². The van der Waals surface area contributed by atoms with E-state index in [1.165, 1.54) is 0 Å². The summed E-state index contributed by atoms with van der Waals surface area (Å²) in [6.07, 6.45) is 3.45. The highest BCUT2D eigenvalue weighted by Gasteiger charge is 2.53. The van der Waals surface area contributed by atoms with Crippen molar-refractivity contribution in [2.24, 2.45) is 29.1 Å². The summed E-state index contributed by atoms with van der Waals surface area (Å²) in [4.78, 5) is 26.3. The lowest BCUT2D eigenvalue weighted by Crippen LogP contribution is -2.58. The molecule has 2 N–H and O–H groups in total. The Morgan fingerprint density at radius 1 is 1.23 bits per heavy atom. The minimum atomic E-state index is -0.491. The largest absolute Gasteiger partial charge is 0.392 e. The van der Waals surface area contributed by atoms with Crippen LogP contribution in [0, 0.1) is 29.1 Å². The van der Waals surface area contributed by atoms with Crippen LogP contribution in [0.15, 0.2) is 0 Å². The first-order chi connectivity index (χ1) is 12.2. The van der Waals surface area contributed by atoms with Gasteiger partial charge in [-0.1, -0.05) is 20.8 Å². The first-order valence-electron chi connectivity index (χ1n) is 10.4. The van der Waals surface area contributed by atoms with E-state index in [4.69, 9.17) is 0 Å². The second-order valence-corrected chi connectivity index (χ2v) is 8.88. The van der Waals surface area contributed by atoms with Gasteiger partial charge in [0.2, 0.25) is 11.8 Å². The molecule has 0 aromatic carbocycles. The molecule has 0 heterocycles. The summed E-state index contributed by atoms with van der Waals surface area (Å²) in [5, 5.41) is 14.4. The van der Waals surface area contributed by atoms with Crippen LogP contribution in [0.1, 0.15) is 67.2 Å². The summed E-state index contributed by atoms with van der Waals surface area (Å²) < 4.78 is 0. The van der Waals surface area contributed by atoms with Crippen molar-refractivity contribution in [3.05, 3.63) is 0 Å². The van der Waals surface area contributed by atoms with Gasteiger partial charge in [0.1, 0.15) is 0 Å². The summed E-state index contributed by atoms with van der Waals surface area (Å²) in [5.41, 5.74) is 0.0995. The van der Waals surface area contributed by atoms with Crippen LogP contribution in [0.4, 0.5) is 0 Å². The van der Waals surface area contributed by atoms with Crippen LogP contribution in [0.3, 0.4) is 0 Å². The number of carbonyl (C=O) groups is 2. The van der Waals surface area contributed by atoms with Gasteiger partial charge in [0.25, 0.3) is 0 Å². The van der Waals surface area contributed by atoms with Crippen LogP contribution in [0.25, 0.3) is 0 Å². The first kappa shape index (κ1) is 21.2. The quantitative estimate of drug-likeness (QED) is 0.786. The predicted octanol–water partition coefficient (Wildman–Crippen LogP) is 2.82. The molecule has 0 bridgehead atoms. The van der Waals surface area contributed by atoms with Gasteiger partial charge in [0.15, 0.2) is 0 Å². The molecular formula is C21H38N2O3. The van der Waals surface area contributed by atoms with Crippen molar-refractivity contribution in [2.75, 3.05) is 13.1 Å². The molecule has 0 radical (unpaired) electrons. The highest BCUT2D eigenvalue weighted by molar-refractivity contribution is 5.78. The van der Waals surface area contributed by atoms with Gasteiger partial charge in [0.05, 0.1) is 6.10 Å². The Balaban J connectivity index is 2.20. The van der Waals surface area contributed by atoms with Gasteiger partial charge in [-0.05, 0) is 62.7 Å². The van der Waals surface area contributed by atoms with Crippen molar-refractivity contribution in [1.29, 1.82) is 0 Å². The molecule has 7 unspecified atom stereocenters. The Labute approximate surface area is 158 Å². The zero-order valence-corrected chi connectivity index (χ0v) is 17.4. The average Bonchev–Trinajstić information content (AvgIpc) is 2.58. The van der Waals surface area contributed by atoms with E-state index in [9.17, 15) is 14.7 Å². The van der Waals surface area contributed by atoms with E-state index >= 15 is 0 Å². The number of nitrogens with one attached hydrogen (secondary N) is 1. The molecule has 2 aliphatic carbocycles. The number of nitrogens with zero attached hydrogens (tertiary/aromatic N) is 1. The summed E-state index contributed by atoms with van der Waals surface area (Å²) in [7, 11) is 0. The van der Waals surface area contributed by atoms with Crippen molar-refractivity contribution in [2.45, 2.75) is 79.4 Å². The van der Waals surface area contributed by atoms with Crippen LogP contribution < -0.4 is 5.32 Å². The maximum Gasteiger partial charge on any atom is 0.225 e. The molecule has 0 aromatic rings. The minimum absolute atomic E-state index is 0.000275. The third-order valence-corrected chi connectivity index (χ3v) is 7.38. The maximum atomic E-state index is 12.8. The smallest absolute Gasteiger partial charge is 0.225 e. The van der Waals surface area contributed by atoms with Crippen molar-refractivity contribution in [3.63, 3.8) is 0 Å². The van der Waals surface area contributed by atoms with Gasteiger partial charge >= 0.3 is 0 Å². The van der Waals surface area contributed by atoms with Gasteiger partial charge in [-0.3, -0.25) is 9.59 Å². The van der Waals surface area contributed by atoms with Gasteiger partial charge < -0.3 is 15.3 Å². The van der Waals surface area contributed by atoms with E-state index in [1.807, 2.05) is 25.7 Å². The lowest BCUT2D eigenvalue weighted by Gasteiger charge is -2.56. The molecule has 5 nitrogen and oxygen atoms in total. The van der Waals surface area contributed by atoms with E-state index in [-0.39, 0.29) is 46.9 Å². The topological polar surface area (TPSA) is 69.6 Å². The summed E-state index contributed by atoms with van der Waals surface area (Å²) in [6.45, 7) is 13.4. The molecule has 7 atom stereocenters. The molecule has 2 saturated carbocycles. The van der Waals surface area contributed by atoms with Crippen molar-refractivity contribution in [1.82, 2.24) is 10.2 Å². The SMILES string of the molecule is CCN(CC)C(=O)C(C)C1CCC2(C)CCC(NC(C)=O)C(C)C2C1O. The van der Waals surface area contributed by atoms with E-state index in [0.29, 0.717) is 13.1 Å². The Morgan fingerprint density at radius 3 is 2.35 bits per heavy atom. The molecule has 2 fully saturated rings. The number of amides is 2. The van der Waals surface area contributed by atoms with Crippen molar-refractivity contribution < 1.29 is 14.7 Å². The third kappa shape index (κ3) is 3.92. The number of aliphatic hydroxyl groups excluding tert-OH is 1. The van der Waals surface area contributed by atoms with Crippen molar-refractivity contribution in [3.8, 4) is 0 Å². The molecule has 5 heteroatoms. The number of rotatable bonds is 5. The zero-order chi connectivity index (χ0) is 19.6. The highest BCUT2D eigenvalue weighted by atomic mass is 16.3. The molecule has 0 spiro atoms. The molecule has 2 rings (SSSR count).